The Morgan fingerprint density at radius 3 is 2.78 bits per heavy atom. The molecule has 8 nitrogen and oxygen atoms in total. The molecule has 1 aliphatic rings. The summed E-state index contributed by atoms with van der Waals surface area (Å²) in [6.45, 7) is 2.11. The lowest BCUT2D eigenvalue weighted by Crippen LogP contribution is -2.50. The number of rotatable bonds is 8. The molecule has 1 unspecified atom stereocenters. The Labute approximate surface area is 161 Å². The van der Waals surface area contributed by atoms with Crippen molar-refractivity contribution in [2.75, 3.05) is 26.3 Å². The number of ether oxygens (including phenoxy) is 2. The van der Waals surface area contributed by atoms with E-state index in [0.717, 1.165) is 12.8 Å². The first-order chi connectivity index (χ1) is 13.0. The molecule has 1 fully saturated rings. The first-order valence-corrected chi connectivity index (χ1v) is 9.84. The van der Waals surface area contributed by atoms with E-state index in [1.54, 1.807) is 24.4 Å². The van der Waals surface area contributed by atoms with E-state index in [0.29, 0.717) is 17.8 Å². The predicted octanol–water partition coefficient (Wildman–Crippen LogP) is 1.36. The molecule has 1 aliphatic heterocycles. The Morgan fingerprint density at radius 2 is 2.07 bits per heavy atom. The highest BCUT2D eigenvalue weighted by atomic mass is 32.1. The number of amides is 2. The van der Waals surface area contributed by atoms with Gasteiger partial charge in [0, 0.05) is 13.1 Å². The molecule has 1 saturated heterocycles. The smallest absolute Gasteiger partial charge is 0.328 e. The summed E-state index contributed by atoms with van der Waals surface area (Å²) in [5.74, 6) is -1.67. The van der Waals surface area contributed by atoms with Gasteiger partial charge in [0.15, 0.2) is 6.61 Å². The van der Waals surface area contributed by atoms with Crippen LogP contribution in [0, 0.1) is 0 Å². The lowest BCUT2D eigenvalue weighted by Gasteiger charge is -2.33. The van der Waals surface area contributed by atoms with Crippen molar-refractivity contribution in [3.05, 3.63) is 22.4 Å². The fraction of sp³-hybridized carbons (Fsp3) is 0.556. The van der Waals surface area contributed by atoms with Gasteiger partial charge in [-0.05, 0) is 37.6 Å². The van der Waals surface area contributed by atoms with Crippen molar-refractivity contribution in [1.82, 2.24) is 10.2 Å². The highest BCUT2D eigenvalue weighted by Gasteiger charge is 2.33. The van der Waals surface area contributed by atoms with Crippen molar-refractivity contribution >= 4 is 35.1 Å². The van der Waals surface area contributed by atoms with Gasteiger partial charge >= 0.3 is 11.9 Å². The molecule has 2 rings (SSSR count). The second-order valence-corrected chi connectivity index (χ2v) is 6.94. The summed E-state index contributed by atoms with van der Waals surface area (Å²) in [6.07, 6.45) is 2.15. The van der Waals surface area contributed by atoms with Crippen LogP contribution in [0.2, 0.25) is 0 Å². The molecule has 27 heavy (non-hydrogen) atoms. The fourth-order valence-corrected chi connectivity index (χ4v) is 3.42. The number of carbonyl (C=O) groups is 4. The van der Waals surface area contributed by atoms with Gasteiger partial charge < -0.3 is 19.7 Å². The SMILES string of the molecule is CCOC(=O)C1CCCCN1C(=O)COC(=O)CCNC(=O)c1cccs1. The number of carbonyl (C=O) groups excluding carboxylic acids is 4. The minimum Gasteiger partial charge on any atom is -0.464 e. The molecule has 0 bridgehead atoms. The van der Waals surface area contributed by atoms with Crippen LogP contribution in [-0.4, -0.2) is 61.0 Å². The van der Waals surface area contributed by atoms with Crippen molar-refractivity contribution in [2.24, 2.45) is 0 Å². The molecule has 1 atom stereocenters. The van der Waals surface area contributed by atoms with Gasteiger partial charge in [0.2, 0.25) is 0 Å². The Balaban J connectivity index is 1.72. The van der Waals surface area contributed by atoms with Gasteiger partial charge in [0.05, 0.1) is 17.9 Å². The van der Waals surface area contributed by atoms with Crippen LogP contribution in [-0.2, 0) is 23.9 Å². The topological polar surface area (TPSA) is 102 Å². The Hall–Kier alpha value is -2.42. The van der Waals surface area contributed by atoms with Crippen molar-refractivity contribution in [2.45, 2.75) is 38.6 Å². The average Bonchev–Trinajstić information content (AvgIpc) is 3.21. The summed E-state index contributed by atoms with van der Waals surface area (Å²) in [5.41, 5.74) is 0. The molecular weight excluding hydrogens is 372 g/mol. The standard InChI is InChI=1S/C18H24N2O6S/c1-2-25-18(24)13-6-3-4-10-20(13)15(21)12-26-16(22)8-9-19-17(23)14-7-5-11-27-14/h5,7,11,13H,2-4,6,8-10,12H2,1H3,(H,19,23). The third-order valence-corrected chi connectivity index (χ3v) is 4.97. The maximum absolute atomic E-state index is 12.3. The van der Waals surface area contributed by atoms with Gasteiger partial charge in [0.25, 0.3) is 11.8 Å². The highest BCUT2D eigenvalue weighted by molar-refractivity contribution is 7.12. The van der Waals surface area contributed by atoms with Crippen LogP contribution in [0.5, 0.6) is 0 Å². The average molecular weight is 396 g/mol. The summed E-state index contributed by atoms with van der Waals surface area (Å²) in [6, 6.07) is 2.84. The third kappa shape index (κ3) is 6.35. The molecule has 0 radical (unpaired) electrons. The van der Waals surface area contributed by atoms with Gasteiger partial charge in [0.1, 0.15) is 6.04 Å². The largest absolute Gasteiger partial charge is 0.464 e. The number of piperidine rings is 1. The molecule has 0 saturated carbocycles. The lowest BCUT2D eigenvalue weighted by atomic mass is 10.0. The number of likely N-dealkylation sites (tertiary alicyclic amines) is 1. The van der Waals surface area contributed by atoms with E-state index in [4.69, 9.17) is 9.47 Å². The van der Waals surface area contributed by atoms with Gasteiger partial charge in [-0.15, -0.1) is 11.3 Å². The van der Waals surface area contributed by atoms with E-state index in [1.165, 1.54) is 16.2 Å². The van der Waals surface area contributed by atoms with E-state index in [2.05, 4.69) is 5.32 Å². The van der Waals surface area contributed by atoms with E-state index < -0.39 is 30.5 Å². The van der Waals surface area contributed by atoms with Gasteiger partial charge in [-0.3, -0.25) is 14.4 Å². The second kappa shape index (κ2) is 10.7. The number of thiophene rings is 1. The van der Waals surface area contributed by atoms with Crippen molar-refractivity contribution in [3.63, 3.8) is 0 Å². The van der Waals surface area contributed by atoms with Crippen LogP contribution in [0.15, 0.2) is 17.5 Å². The molecule has 0 spiro atoms. The zero-order chi connectivity index (χ0) is 19.6. The van der Waals surface area contributed by atoms with Gasteiger partial charge in [-0.25, -0.2) is 4.79 Å². The third-order valence-electron chi connectivity index (χ3n) is 4.10. The van der Waals surface area contributed by atoms with Crippen molar-refractivity contribution in [1.29, 1.82) is 0 Å². The first kappa shape index (κ1) is 20.9. The maximum Gasteiger partial charge on any atom is 0.328 e. The number of hydrogen-bond donors (Lipinski definition) is 1. The number of esters is 2. The summed E-state index contributed by atoms with van der Waals surface area (Å²) in [5, 5.41) is 4.41. The van der Waals surface area contributed by atoms with E-state index >= 15 is 0 Å². The zero-order valence-corrected chi connectivity index (χ0v) is 16.1. The Morgan fingerprint density at radius 1 is 1.26 bits per heavy atom. The molecule has 0 aliphatic carbocycles. The lowest BCUT2D eigenvalue weighted by molar-refractivity contribution is -0.160. The van der Waals surface area contributed by atoms with Crippen LogP contribution in [0.4, 0.5) is 0 Å². The quantitative estimate of drug-likeness (QED) is 0.666. The zero-order valence-electron chi connectivity index (χ0n) is 15.3. The molecule has 1 N–H and O–H groups in total. The van der Waals surface area contributed by atoms with Crippen LogP contribution < -0.4 is 5.32 Å². The Bertz CT molecular complexity index is 661. The minimum atomic E-state index is -0.616. The van der Waals surface area contributed by atoms with E-state index in [1.807, 2.05) is 0 Å². The summed E-state index contributed by atoms with van der Waals surface area (Å²) >= 11 is 1.31. The summed E-state index contributed by atoms with van der Waals surface area (Å²) in [4.78, 5) is 49.8. The maximum atomic E-state index is 12.3. The van der Waals surface area contributed by atoms with Crippen LogP contribution in [0.1, 0.15) is 42.3 Å². The van der Waals surface area contributed by atoms with Gasteiger partial charge in [-0.1, -0.05) is 6.07 Å². The molecule has 2 amide bonds. The molecule has 148 valence electrons. The molecule has 0 aromatic carbocycles. The van der Waals surface area contributed by atoms with Crippen LogP contribution in [0.25, 0.3) is 0 Å². The summed E-state index contributed by atoms with van der Waals surface area (Å²) in [7, 11) is 0. The molecule has 2 heterocycles. The van der Waals surface area contributed by atoms with Gasteiger partial charge in [-0.2, -0.15) is 0 Å². The predicted molar refractivity (Wildman–Crippen MR) is 98.2 cm³/mol. The number of nitrogens with one attached hydrogen (secondary N) is 1. The van der Waals surface area contributed by atoms with Crippen LogP contribution in [0.3, 0.4) is 0 Å². The highest BCUT2D eigenvalue weighted by Crippen LogP contribution is 2.18. The molecule has 9 heteroatoms. The normalized spacial score (nSPS) is 16.5. The minimum absolute atomic E-state index is 0.0360. The van der Waals surface area contributed by atoms with Crippen molar-refractivity contribution < 1.29 is 28.7 Å². The van der Waals surface area contributed by atoms with E-state index in [9.17, 15) is 19.2 Å². The number of nitrogens with zero attached hydrogens (tertiary/aromatic N) is 1. The Kier molecular flexibility index (Phi) is 8.25. The molecular formula is C18H24N2O6S. The summed E-state index contributed by atoms with van der Waals surface area (Å²) < 4.78 is 10.0. The van der Waals surface area contributed by atoms with E-state index in [-0.39, 0.29) is 25.5 Å². The molecule has 1 aromatic rings. The van der Waals surface area contributed by atoms with Crippen LogP contribution >= 0.6 is 11.3 Å². The number of hydrogen-bond acceptors (Lipinski definition) is 7. The second-order valence-electron chi connectivity index (χ2n) is 5.99. The van der Waals surface area contributed by atoms with Crippen molar-refractivity contribution in [3.8, 4) is 0 Å². The molecule has 1 aromatic heterocycles. The first-order valence-electron chi connectivity index (χ1n) is 8.96. The fourth-order valence-electron chi connectivity index (χ4n) is 2.78. The monoisotopic (exact) mass is 396 g/mol.